The smallest absolute Gasteiger partial charge is 0.340 e. The third kappa shape index (κ3) is 10.3. The van der Waals surface area contributed by atoms with E-state index in [0.717, 1.165) is 46.6 Å². The fourth-order valence-electron chi connectivity index (χ4n) is 10.3. The first kappa shape index (κ1) is 53.6. The van der Waals surface area contributed by atoms with Gasteiger partial charge in [0, 0.05) is 103 Å². The van der Waals surface area contributed by atoms with Crippen LogP contribution >= 0.6 is 34.8 Å². The molecule has 2 aliphatic heterocycles. The minimum Gasteiger partial charge on any atom is -0.456 e. The van der Waals surface area contributed by atoms with Gasteiger partial charge in [-0.1, -0.05) is 66.8 Å². The Balaban J connectivity index is 0.776. The van der Waals surface area contributed by atoms with E-state index in [1.54, 1.807) is 41.9 Å². The Morgan fingerprint density at radius 1 is 0.773 bits per heavy atom. The van der Waals surface area contributed by atoms with Crippen molar-refractivity contribution in [2.45, 2.75) is 69.7 Å². The van der Waals surface area contributed by atoms with Crippen LogP contribution in [0.2, 0.25) is 15.1 Å². The Morgan fingerprint density at radius 3 is 2.04 bits per heavy atom. The Hall–Kier alpha value is -6.17. The van der Waals surface area contributed by atoms with E-state index in [2.05, 4.69) is 16.0 Å². The molecule has 0 fully saturated rings. The molecule has 9 rings (SSSR count). The number of hydrogen-bond donors (Lipinski definition) is 4. The average Bonchev–Trinajstić information content (AvgIpc) is 3.84. The SMILES string of the molecule is CCC(CC)(NC(=O)c1nn(-c2ccc(Cl)cc2Cl)c2c1CCCc1cc(Cl)ccc1-2)C(=O)NCCOCCOCCNC(C)(O)c1ccc2c(c1)C(=O)OC21c2ccc(N(C)C)cc2Oc2cc(N(C)C)ccc21. The highest BCUT2D eigenvalue weighted by atomic mass is 35.5. The Bertz CT molecular complexity index is 3110. The number of amides is 2. The van der Waals surface area contributed by atoms with Crippen LogP contribution in [0.15, 0.2) is 91.0 Å². The van der Waals surface area contributed by atoms with E-state index in [1.165, 1.54) is 0 Å². The highest BCUT2D eigenvalue weighted by molar-refractivity contribution is 6.35. The van der Waals surface area contributed by atoms with Crippen molar-refractivity contribution in [3.05, 3.63) is 151 Å². The molecule has 4 N–H and O–H groups in total. The average molecular weight is 1080 g/mol. The van der Waals surface area contributed by atoms with Crippen molar-refractivity contribution in [3.8, 4) is 28.4 Å². The maximum absolute atomic E-state index is 14.4. The van der Waals surface area contributed by atoms with Crippen molar-refractivity contribution >= 4 is 64.0 Å². The number of esters is 1. The number of rotatable bonds is 19. The third-order valence-corrected chi connectivity index (χ3v) is 15.3. The standard InChI is InChI=1S/C57H62Cl3N7O8/c1-8-56(9-2,63-52(68)50-41-12-10-11-34-29-36(58)14-18-40(34)51(41)67(64-50)47-22-15-37(59)31-46(47)60)54(70)61-23-25-72-27-28-73-26-24-62-55(3,71)35-13-19-43-42(30-35)53(69)75-57(43)44-20-16-38(65(4)5)32-48(44)74-49-33-39(66(6)7)17-21-45(49)57/h13-22,29-33,62,71H,8-12,23-28H2,1-7H3,(H,61,70)(H,63,68). The van der Waals surface area contributed by atoms with Crippen LogP contribution in [0.1, 0.15) is 94.3 Å². The van der Waals surface area contributed by atoms with Crippen LogP contribution in [0.3, 0.4) is 0 Å². The normalized spacial score (nSPS) is 14.8. The summed E-state index contributed by atoms with van der Waals surface area (Å²) in [7, 11) is 7.82. The quantitative estimate of drug-likeness (QED) is 0.0345. The van der Waals surface area contributed by atoms with E-state index in [1.807, 2.05) is 113 Å². The summed E-state index contributed by atoms with van der Waals surface area (Å²) in [5, 5.41) is 27.1. The maximum atomic E-state index is 14.4. The molecule has 0 radical (unpaired) electrons. The second-order valence-electron chi connectivity index (χ2n) is 19.6. The number of anilines is 2. The zero-order valence-electron chi connectivity index (χ0n) is 43.2. The van der Waals surface area contributed by atoms with Gasteiger partial charge in [0.05, 0.1) is 48.4 Å². The number of ether oxygens (including phenoxy) is 4. The topological polar surface area (TPSA) is 169 Å². The number of aromatic nitrogens is 2. The fourth-order valence-corrected chi connectivity index (χ4v) is 11.0. The molecule has 5 aromatic carbocycles. The largest absolute Gasteiger partial charge is 0.456 e. The summed E-state index contributed by atoms with van der Waals surface area (Å²) in [5.74, 6) is -0.127. The number of carbonyl (C=O) groups excluding carboxylic acids is 3. The van der Waals surface area contributed by atoms with E-state index < -0.39 is 28.7 Å². The molecule has 75 heavy (non-hydrogen) atoms. The molecule has 18 heteroatoms. The molecule has 3 heterocycles. The number of carbonyl (C=O) groups is 3. The first-order chi connectivity index (χ1) is 35.9. The lowest BCUT2D eigenvalue weighted by molar-refractivity contribution is -0.128. The van der Waals surface area contributed by atoms with Gasteiger partial charge in [0.1, 0.15) is 22.8 Å². The molecule has 1 atom stereocenters. The number of benzene rings is 5. The van der Waals surface area contributed by atoms with Gasteiger partial charge in [-0.2, -0.15) is 5.10 Å². The first-order valence-corrected chi connectivity index (χ1v) is 26.3. The predicted molar refractivity (Wildman–Crippen MR) is 292 cm³/mol. The number of aryl methyl sites for hydroxylation is 1. The van der Waals surface area contributed by atoms with E-state index in [9.17, 15) is 19.5 Å². The molecule has 394 valence electrons. The van der Waals surface area contributed by atoms with Crippen LogP contribution in [-0.2, 0) is 43.2 Å². The Kier molecular flexibility index (Phi) is 15.6. The zero-order valence-corrected chi connectivity index (χ0v) is 45.4. The lowest BCUT2D eigenvalue weighted by Crippen LogP contribution is -2.58. The van der Waals surface area contributed by atoms with E-state index >= 15 is 0 Å². The van der Waals surface area contributed by atoms with Crippen molar-refractivity contribution in [1.82, 2.24) is 25.7 Å². The van der Waals surface area contributed by atoms with Crippen molar-refractivity contribution < 1.29 is 38.4 Å². The van der Waals surface area contributed by atoms with E-state index in [-0.39, 0.29) is 51.1 Å². The van der Waals surface area contributed by atoms with E-state index in [4.69, 9.17) is 58.8 Å². The monoisotopic (exact) mass is 1080 g/mol. The molecule has 15 nitrogen and oxygen atoms in total. The Labute approximate surface area is 452 Å². The number of hydrogen-bond acceptors (Lipinski definition) is 12. The van der Waals surface area contributed by atoms with Crippen LogP contribution in [0, 0.1) is 0 Å². The number of fused-ring (bicyclic) bond motifs is 9. The highest BCUT2D eigenvalue weighted by Gasteiger charge is 2.54. The molecular weight excluding hydrogens is 1020 g/mol. The van der Waals surface area contributed by atoms with Gasteiger partial charge in [-0.3, -0.25) is 14.9 Å². The van der Waals surface area contributed by atoms with Gasteiger partial charge in [-0.05, 0) is 111 Å². The van der Waals surface area contributed by atoms with Gasteiger partial charge in [-0.25, -0.2) is 9.48 Å². The second-order valence-corrected chi connectivity index (χ2v) is 20.9. The molecule has 6 aromatic rings. The number of nitrogens with one attached hydrogen (secondary N) is 3. The van der Waals surface area contributed by atoms with Gasteiger partial charge in [0.2, 0.25) is 5.91 Å². The molecule has 1 unspecified atom stereocenters. The minimum absolute atomic E-state index is 0.205. The predicted octanol–water partition coefficient (Wildman–Crippen LogP) is 9.58. The molecule has 1 spiro atoms. The number of halogens is 3. The van der Waals surface area contributed by atoms with Gasteiger partial charge in [-0.15, -0.1) is 0 Å². The highest BCUT2D eigenvalue weighted by Crippen LogP contribution is 2.57. The summed E-state index contributed by atoms with van der Waals surface area (Å²) in [6.45, 7) is 6.84. The van der Waals surface area contributed by atoms with Gasteiger partial charge < -0.3 is 44.5 Å². The van der Waals surface area contributed by atoms with Crippen LogP contribution in [0.4, 0.5) is 11.4 Å². The first-order valence-electron chi connectivity index (χ1n) is 25.2. The summed E-state index contributed by atoms with van der Waals surface area (Å²) in [4.78, 5) is 46.1. The third-order valence-electron chi connectivity index (χ3n) is 14.5. The summed E-state index contributed by atoms with van der Waals surface area (Å²) < 4.78 is 26.2. The molecule has 1 aromatic heterocycles. The van der Waals surface area contributed by atoms with Crippen molar-refractivity contribution in [1.29, 1.82) is 0 Å². The lowest BCUT2D eigenvalue weighted by Gasteiger charge is -2.37. The van der Waals surface area contributed by atoms with Crippen molar-refractivity contribution in [2.75, 3.05) is 77.5 Å². The molecular formula is C57H62Cl3N7O8. The van der Waals surface area contributed by atoms with Crippen molar-refractivity contribution in [3.63, 3.8) is 0 Å². The summed E-state index contributed by atoms with van der Waals surface area (Å²) in [5.41, 5.74) is 5.00. The molecule has 0 saturated carbocycles. The summed E-state index contributed by atoms with van der Waals surface area (Å²) in [6.07, 6.45) is 2.75. The molecule has 0 saturated heterocycles. The summed E-state index contributed by atoms with van der Waals surface area (Å²) >= 11 is 19.4. The number of aliphatic hydroxyl groups is 1. The Morgan fingerprint density at radius 2 is 1.40 bits per heavy atom. The summed E-state index contributed by atoms with van der Waals surface area (Å²) in [6, 6.07) is 27.9. The van der Waals surface area contributed by atoms with Gasteiger partial charge in [0.15, 0.2) is 11.3 Å². The fraction of sp³-hybridized carbons (Fsp3) is 0.368. The molecule has 2 amide bonds. The van der Waals surface area contributed by atoms with Crippen LogP contribution in [-0.4, -0.2) is 106 Å². The molecule has 0 bridgehead atoms. The molecule has 1 aliphatic carbocycles. The van der Waals surface area contributed by atoms with Crippen molar-refractivity contribution in [2.24, 2.45) is 0 Å². The second kappa shape index (κ2) is 21.8. The number of nitrogens with zero attached hydrogens (tertiary/aromatic N) is 4. The van der Waals surface area contributed by atoms with Crippen LogP contribution in [0.25, 0.3) is 16.9 Å². The lowest BCUT2D eigenvalue weighted by atomic mass is 9.77. The van der Waals surface area contributed by atoms with Crippen LogP contribution < -0.4 is 30.5 Å². The van der Waals surface area contributed by atoms with Gasteiger partial charge >= 0.3 is 5.97 Å². The molecule has 3 aliphatic rings. The minimum atomic E-state index is -1.52. The zero-order chi connectivity index (χ0) is 53.4. The van der Waals surface area contributed by atoms with Crippen LogP contribution in [0.5, 0.6) is 11.5 Å². The maximum Gasteiger partial charge on any atom is 0.340 e. The van der Waals surface area contributed by atoms with E-state index in [0.29, 0.717) is 79.3 Å². The van der Waals surface area contributed by atoms with Gasteiger partial charge in [0.25, 0.3) is 5.91 Å².